The molecule has 0 bridgehead atoms. The molecule has 3 nitrogen and oxygen atoms in total. The molecule has 0 unspecified atom stereocenters. The Morgan fingerprint density at radius 2 is 2.25 bits per heavy atom. The number of hydrogen-bond acceptors (Lipinski definition) is 4. The summed E-state index contributed by atoms with van der Waals surface area (Å²) in [6.45, 7) is 0.260. The molecule has 20 heavy (non-hydrogen) atoms. The Bertz CT molecular complexity index is 648. The molecule has 6 heteroatoms. The fourth-order valence-electron chi connectivity index (χ4n) is 1.78. The van der Waals surface area contributed by atoms with Crippen molar-refractivity contribution in [2.24, 2.45) is 5.92 Å². The molecule has 0 amide bonds. The third kappa shape index (κ3) is 3.14. The molecule has 1 saturated carbocycles. The van der Waals surface area contributed by atoms with Gasteiger partial charge in [0.2, 0.25) is 0 Å². The van der Waals surface area contributed by atoms with Gasteiger partial charge >= 0.3 is 5.97 Å². The maximum absolute atomic E-state index is 11.6. The van der Waals surface area contributed by atoms with Crippen molar-refractivity contribution in [2.75, 3.05) is 6.61 Å². The summed E-state index contributed by atoms with van der Waals surface area (Å²) < 4.78 is 5.46. The van der Waals surface area contributed by atoms with Crippen LogP contribution in [0.4, 0.5) is 0 Å². The van der Waals surface area contributed by atoms with Crippen molar-refractivity contribution in [1.82, 2.24) is 4.98 Å². The van der Waals surface area contributed by atoms with E-state index in [1.165, 1.54) is 17.4 Å². The van der Waals surface area contributed by atoms with E-state index >= 15 is 0 Å². The molecular weight excluding hydrogens is 317 g/mol. The summed E-state index contributed by atoms with van der Waals surface area (Å²) in [7, 11) is 0. The lowest BCUT2D eigenvalue weighted by molar-refractivity contribution is -0.138. The predicted molar refractivity (Wildman–Crippen MR) is 82.2 cm³/mol. The average molecular weight is 328 g/mol. The molecule has 0 spiro atoms. The number of rotatable bonds is 4. The highest BCUT2D eigenvalue weighted by atomic mass is 35.5. The second kappa shape index (κ2) is 5.35. The summed E-state index contributed by atoms with van der Waals surface area (Å²) in [5.74, 6) is -0.356. The summed E-state index contributed by atoms with van der Waals surface area (Å²) in [4.78, 5) is 16.0. The van der Waals surface area contributed by atoms with Gasteiger partial charge in [-0.1, -0.05) is 12.1 Å². The van der Waals surface area contributed by atoms with Crippen molar-refractivity contribution in [3.8, 4) is 0 Å². The maximum atomic E-state index is 11.6. The molecule has 0 aliphatic heterocycles. The van der Waals surface area contributed by atoms with Gasteiger partial charge in [0.25, 0.3) is 0 Å². The predicted octanol–water partition coefficient (Wildman–Crippen LogP) is 4.05. The van der Waals surface area contributed by atoms with Crippen molar-refractivity contribution in [1.29, 1.82) is 0 Å². The van der Waals surface area contributed by atoms with Crippen LogP contribution in [0.2, 0.25) is 0 Å². The smallest absolute Gasteiger partial charge is 0.330 e. The number of aromatic nitrogens is 1. The molecule has 0 saturated heterocycles. The zero-order chi connectivity index (χ0) is 14.2. The lowest BCUT2D eigenvalue weighted by Gasteiger charge is -2.00. The van der Waals surface area contributed by atoms with E-state index in [9.17, 15) is 4.79 Å². The van der Waals surface area contributed by atoms with Gasteiger partial charge in [-0.05, 0) is 24.6 Å². The van der Waals surface area contributed by atoms with Gasteiger partial charge in [-0.2, -0.15) is 0 Å². The molecule has 0 N–H and O–H groups in total. The maximum Gasteiger partial charge on any atom is 0.330 e. The van der Waals surface area contributed by atoms with Crippen LogP contribution in [0.3, 0.4) is 0 Å². The van der Waals surface area contributed by atoms with E-state index in [2.05, 4.69) is 4.98 Å². The molecule has 0 radical (unpaired) electrons. The van der Waals surface area contributed by atoms with Crippen LogP contribution in [0.25, 0.3) is 16.3 Å². The standard InChI is InChI=1S/C14H11Cl2NO2S/c15-14(16)7-9(14)8-19-13(18)6-5-12-17-10-3-1-2-4-11(10)20-12/h1-6,9H,7-8H2/b6-5+/t9-/m1/s1. The van der Waals surface area contributed by atoms with Crippen molar-refractivity contribution in [3.63, 3.8) is 0 Å². The van der Waals surface area contributed by atoms with Crippen LogP contribution in [-0.4, -0.2) is 21.9 Å². The molecule has 1 aromatic heterocycles. The Morgan fingerprint density at radius 3 is 2.95 bits per heavy atom. The van der Waals surface area contributed by atoms with Gasteiger partial charge in [0.1, 0.15) is 9.34 Å². The van der Waals surface area contributed by atoms with Gasteiger partial charge < -0.3 is 4.74 Å². The van der Waals surface area contributed by atoms with Crippen LogP contribution in [-0.2, 0) is 9.53 Å². The Kier molecular flexibility index (Phi) is 3.71. The molecule has 1 fully saturated rings. The number of ether oxygens (including phenoxy) is 1. The monoisotopic (exact) mass is 327 g/mol. The van der Waals surface area contributed by atoms with Gasteiger partial charge in [-0.15, -0.1) is 34.5 Å². The molecule has 1 aromatic carbocycles. The van der Waals surface area contributed by atoms with Crippen molar-refractivity contribution >= 4 is 56.8 Å². The molecule has 1 atom stereocenters. The quantitative estimate of drug-likeness (QED) is 0.483. The zero-order valence-electron chi connectivity index (χ0n) is 10.4. The number of esters is 1. The number of alkyl halides is 2. The number of nitrogens with zero attached hydrogens (tertiary/aromatic N) is 1. The summed E-state index contributed by atoms with van der Waals surface area (Å²) >= 11 is 13.2. The van der Waals surface area contributed by atoms with Crippen molar-refractivity contribution < 1.29 is 9.53 Å². The van der Waals surface area contributed by atoms with E-state index in [4.69, 9.17) is 27.9 Å². The first-order valence-electron chi connectivity index (χ1n) is 6.13. The Morgan fingerprint density at radius 1 is 1.50 bits per heavy atom. The zero-order valence-corrected chi connectivity index (χ0v) is 12.7. The number of halogens is 2. The first-order chi connectivity index (χ1) is 9.54. The Hall–Kier alpha value is -1.10. The molecule has 3 rings (SSSR count). The molecule has 104 valence electrons. The lowest BCUT2D eigenvalue weighted by atomic mass is 10.3. The van der Waals surface area contributed by atoms with Crippen LogP contribution < -0.4 is 0 Å². The SMILES string of the molecule is O=C(/C=C/c1nc2ccccc2s1)OC[C@H]1CC1(Cl)Cl. The highest BCUT2D eigenvalue weighted by molar-refractivity contribution is 7.19. The van der Waals surface area contributed by atoms with Crippen LogP contribution in [0, 0.1) is 5.92 Å². The highest BCUT2D eigenvalue weighted by Gasteiger charge is 2.52. The molecule has 1 heterocycles. The minimum Gasteiger partial charge on any atom is -0.462 e. The second-order valence-corrected chi connectivity index (χ2v) is 7.25. The third-order valence-electron chi connectivity index (χ3n) is 3.05. The number of hydrogen-bond donors (Lipinski definition) is 0. The first-order valence-corrected chi connectivity index (χ1v) is 7.70. The van der Waals surface area contributed by atoms with E-state index in [1.807, 2.05) is 24.3 Å². The van der Waals surface area contributed by atoms with E-state index in [0.717, 1.165) is 15.2 Å². The topological polar surface area (TPSA) is 39.2 Å². The summed E-state index contributed by atoms with van der Waals surface area (Å²) in [5, 5.41) is 0.776. The molecule has 1 aliphatic carbocycles. The van der Waals surface area contributed by atoms with Crippen LogP contribution in [0.5, 0.6) is 0 Å². The second-order valence-electron chi connectivity index (χ2n) is 4.65. The first kappa shape index (κ1) is 13.9. The van der Waals surface area contributed by atoms with Crippen LogP contribution in [0.15, 0.2) is 30.3 Å². The summed E-state index contributed by atoms with van der Waals surface area (Å²) in [5.41, 5.74) is 0.928. The van der Waals surface area contributed by atoms with Gasteiger partial charge in [-0.25, -0.2) is 9.78 Å². The van der Waals surface area contributed by atoms with Gasteiger partial charge in [0, 0.05) is 12.0 Å². The normalized spacial score (nSPS) is 20.4. The summed E-state index contributed by atoms with van der Waals surface area (Å²) in [6.07, 6.45) is 3.71. The van der Waals surface area contributed by atoms with Crippen LogP contribution >= 0.6 is 34.5 Å². The molecular formula is C14H11Cl2NO2S. The minimum absolute atomic E-state index is 0.0469. The van der Waals surface area contributed by atoms with Gasteiger partial charge in [0.15, 0.2) is 0 Å². The number of thiazole rings is 1. The minimum atomic E-state index is -0.711. The average Bonchev–Trinajstić information content (AvgIpc) is 2.86. The third-order valence-corrected chi connectivity index (χ3v) is 4.98. The van der Waals surface area contributed by atoms with Gasteiger partial charge in [0.05, 0.1) is 16.8 Å². The van der Waals surface area contributed by atoms with Crippen LogP contribution in [0.1, 0.15) is 11.4 Å². The number of para-hydroxylation sites is 1. The Labute approximate surface area is 130 Å². The number of carbonyl (C=O) groups is 1. The van der Waals surface area contributed by atoms with Gasteiger partial charge in [-0.3, -0.25) is 0 Å². The number of benzene rings is 1. The number of fused-ring (bicyclic) bond motifs is 1. The van der Waals surface area contributed by atoms with E-state index in [-0.39, 0.29) is 12.5 Å². The van der Waals surface area contributed by atoms with E-state index in [1.54, 1.807) is 6.08 Å². The molecule has 2 aromatic rings. The lowest BCUT2D eigenvalue weighted by Crippen LogP contribution is -2.06. The van der Waals surface area contributed by atoms with Crippen molar-refractivity contribution in [3.05, 3.63) is 35.3 Å². The van der Waals surface area contributed by atoms with Crippen molar-refractivity contribution in [2.45, 2.75) is 10.8 Å². The fraction of sp³-hybridized carbons (Fsp3) is 0.286. The highest BCUT2D eigenvalue weighted by Crippen LogP contribution is 2.53. The largest absolute Gasteiger partial charge is 0.462 e. The fourth-order valence-corrected chi connectivity index (χ4v) is 3.15. The number of carbonyl (C=O) groups excluding carboxylic acids is 1. The summed E-state index contributed by atoms with van der Waals surface area (Å²) in [6, 6.07) is 7.83. The molecule has 1 aliphatic rings. The van der Waals surface area contributed by atoms with E-state index < -0.39 is 10.3 Å². The Balaban J connectivity index is 1.57. The van der Waals surface area contributed by atoms with E-state index in [0.29, 0.717) is 6.42 Å².